The van der Waals surface area contributed by atoms with Gasteiger partial charge in [0.15, 0.2) is 0 Å². The lowest BCUT2D eigenvalue weighted by molar-refractivity contribution is -0.0904. The summed E-state index contributed by atoms with van der Waals surface area (Å²) in [7, 11) is 0. The van der Waals surface area contributed by atoms with Crippen molar-refractivity contribution in [3.05, 3.63) is 70.3 Å². The molecule has 0 aliphatic carbocycles. The summed E-state index contributed by atoms with van der Waals surface area (Å²) in [5.74, 6) is 0. The lowest BCUT2D eigenvalue weighted by Gasteiger charge is -2.16. The Hall–Kier alpha value is -2.19. The highest BCUT2D eigenvalue weighted by molar-refractivity contribution is 6.31. The van der Waals surface area contributed by atoms with Crippen LogP contribution in [0.2, 0.25) is 10.0 Å². The molecule has 1 N–H and O–H groups in total. The van der Waals surface area contributed by atoms with Gasteiger partial charge in [-0.25, -0.2) is 4.99 Å². The summed E-state index contributed by atoms with van der Waals surface area (Å²) in [5, 5.41) is 2.11. The van der Waals surface area contributed by atoms with Crippen molar-refractivity contribution in [1.29, 1.82) is 0 Å². The number of hydrogen-bond acceptors (Lipinski definition) is 2. The van der Waals surface area contributed by atoms with Gasteiger partial charge in [0.25, 0.3) is 0 Å². The summed E-state index contributed by atoms with van der Waals surface area (Å²) in [5.41, 5.74) is -3.76. The van der Waals surface area contributed by atoms with E-state index in [2.05, 4.69) is 4.99 Å². The highest BCUT2D eigenvalue weighted by Crippen LogP contribution is 2.31. The van der Waals surface area contributed by atoms with E-state index in [4.69, 9.17) is 23.2 Å². The van der Waals surface area contributed by atoms with E-state index in [0.29, 0.717) is 0 Å². The molecule has 2 aromatic carbocycles. The first kappa shape index (κ1) is 21.1. The summed E-state index contributed by atoms with van der Waals surface area (Å²) in [6.07, 6.45) is -10.3. The Morgan fingerprint density at radius 2 is 1.44 bits per heavy atom. The monoisotopic (exact) mass is 426 g/mol. The van der Waals surface area contributed by atoms with Gasteiger partial charge in [-0.05, 0) is 42.5 Å². The van der Waals surface area contributed by atoms with Crippen LogP contribution in [-0.2, 0) is 0 Å². The molecule has 2 rings (SSSR count). The Balaban J connectivity index is 2.51. The second-order valence-corrected chi connectivity index (χ2v) is 6.04. The van der Waals surface area contributed by atoms with Crippen LogP contribution in [0.25, 0.3) is 0 Å². The maximum Gasteiger partial charge on any atom is 0.433 e. The molecule has 0 aliphatic heterocycles. The minimum atomic E-state index is -5.13. The molecule has 27 heavy (non-hydrogen) atoms. The summed E-state index contributed by atoms with van der Waals surface area (Å²) in [6, 6.07) is 10.1. The molecule has 0 saturated carbocycles. The third kappa shape index (κ3) is 6.48. The van der Waals surface area contributed by atoms with E-state index in [1.54, 1.807) is 0 Å². The minimum absolute atomic E-state index is 0.0925. The fraction of sp³-hybridized carbons (Fsp3) is 0.118. The maximum absolute atomic E-state index is 13.3. The quantitative estimate of drug-likeness (QED) is 0.406. The average molecular weight is 427 g/mol. The molecule has 0 heterocycles. The molecule has 0 aromatic heterocycles. The zero-order valence-electron chi connectivity index (χ0n) is 13.2. The lowest BCUT2D eigenvalue weighted by atomic mass is 10.2. The lowest BCUT2D eigenvalue weighted by Crippen LogP contribution is -2.26. The average Bonchev–Trinajstić information content (AvgIpc) is 2.51. The van der Waals surface area contributed by atoms with Gasteiger partial charge in [-0.2, -0.15) is 26.3 Å². The Morgan fingerprint density at radius 3 is 1.96 bits per heavy atom. The Morgan fingerprint density at radius 1 is 0.852 bits per heavy atom. The van der Waals surface area contributed by atoms with Gasteiger partial charge < -0.3 is 5.32 Å². The van der Waals surface area contributed by atoms with E-state index in [-0.39, 0.29) is 27.5 Å². The molecule has 2 nitrogen and oxygen atoms in total. The van der Waals surface area contributed by atoms with Crippen LogP contribution in [0.4, 0.5) is 37.7 Å². The number of alkyl halides is 6. The van der Waals surface area contributed by atoms with Gasteiger partial charge in [0, 0.05) is 15.7 Å². The fourth-order valence-corrected chi connectivity index (χ4v) is 2.28. The number of nitrogens with zero attached hydrogens (tertiary/aromatic N) is 1. The van der Waals surface area contributed by atoms with Gasteiger partial charge in [0.2, 0.25) is 0 Å². The summed E-state index contributed by atoms with van der Waals surface area (Å²) in [4.78, 5) is 3.27. The number of halogens is 8. The van der Waals surface area contributed by atoms with Crippen molar-refractivity contribution < 1.29 is 26.3 Å². The van der Waals surface area contributed by atoms with Crippen LogP contribution < -0.4 is 5.32 Å². The van der Waals surface area contributed by atoms with Gasteiger partial charge in [-0.15, -0.1) is 0 Å². The van der Waals surface area contributed by atoms with Gasteiger partial charge in [-0.3, -0.25) is 0 Å². The van der Waals surface area contributed by atoms with Crippen LogP contribution in [0, 0.1) is 0 Å². The van der Waals surface area contributed by atoms with Crippen molar-refractivity contribution in [3.8, 4) is 0 Å². The van der Waals surface area contributed by atoms with Gasteiger partial charge in [-0.1, -0.05) is 35.3 Å². The van der Waals surface area contributed by atoms with Crippen molar-refractivity contribution in [2.24, 2.45) is 4.99 Å². The number of benzene rings is 2. The Bertz CT molecular complexity index is 872. The molecule has 0 spiro atoms. The molecule has 0 aliphatic rings. The topological polar surface area (TPSA) is 24.4 Å². The van der Waals surface area contributed by atoms with Crippen molar-refractivity contribution >= 4 is 40.3 Å². The Kier molecular flexibility index (Phi) is 6.43. The third-order valence-electron chi connectivity index (χ3n) is 3.04. The predicted molar refractivity (Wildman–Crippen MR) is 93.8 cm³/mol. The van der Waals surface area contributed by atoms with Crippen LogP contribution in [0.5, 0.6) is 0 Å². The second-order valence-electron chi connectivity index (χ2n) is 5.17. The normalized spacial score (nSPS) is 13.6. The first-order chi connectivity index (χ1) is 12.4. The molecule has 0 amide bonds. The maximum atomic E-state index is 13.3. The number of anilines is 1. The smallest absolute Gasteiger partial charge is 0.351 e. The van der Waals surface area contributed by atoms with Gasteiger partial charge in [0.1, 0.15) is 11.4 Å². The SMILES string of the molecule is FC(F)(F)C(/C=C(\Nc1cccc(Cl)c1)C(F)(F)F)=Nc1cccc(Cl)c1. The fourth-order valence-electron chi connectivity index (χ4n) is 1.91. The molecular formula is C17H10Cl2F6N2. The number of nitrogens with one attached hydrogen (secondary N) is 1. The van der Waals surface area contributed by atoms with Crippen molar-refractivity contribution in [3.63, 3.8) is 0 Å². The molecule has 0 fully saturated rings. The molecular weight excluding hydrogens is 417 g/mol. The number of aliphatic imine (C=N–C) groups is 1. The van der Waals surface area contributed by atoms with Crippen LogP contribution >= 0.6 is 23.2 Å². The van der Waals surface area contributed by atoms with Crippen LogP contribution in [0.1, 0.15) is 0 Å². The highest BCUT2D eigenvalue weighted by atomic mass is 35.5. The molecule has 0 saturated heterocycles. The molecule has 10 heteroatoms. The van der Waals surface area contributed by atoms with Crippen LogP contribution in [0.3, 0.4) is 0 Å². The van der Waals surface area contributed by atoms with Crippen molar-refractivity contribution in [2.45, 2.75) is 12.4 Å². The van der Waals surface area contributed by atoms with Gasteiger partial charge >= 0.3 is 12.4 Å². The van der Waals surface area contributed by atoms with E-state index >= 15 is 0 Å². The van der Waals surface area contributed by atoms with E-state index in [9.17, 15) is 26.3 Å². The largest absolute Gasteiger partial charge is 0.433 e. The molecule has 0 bridgehead atoms. The van der Waals surface area contributed by atoms with E-state index in [1.807, 2.05) is 5.32 Å². The first-order valence-corrected chi connectivity index (χ1v) is 7.94. The zero-order valence-corrected chi connectivity index (χ0v) is 14.7. The molecule has 0 unspecified atom stereocenters. The number of rotatable bonds is 4. The van der Waals surface area contributed by atoms with E-state index in [1.165, 1.54) is 36.4 Å². The predicted octanol–water partition coefficient (Wildman–Crippen LogP) is 7.19. The minimum Gasteiger partial charge on any atom is -0.351 e. The Labute approximate surface area is 160 Å². The molecule has 2 aromatic rings. The van der Waals surface area contributed by atoms with Crippen molar-refractivity contribution in [1.82, 2.24) is 0 Å². The standard InChI is InChI=1S/C17H10Cl2F6N2/c18-10-3-1-5-12(7-10)26-14(16(20,21)22)9-15(17(23,24)25)27-13-6-2-4-11(19)8-13/h1-9,26H/b14-9-,27-15?. The molecule has 0 radical (unpaired) electrons. The van der Waals surface area contributed by atoms with Gasteiger partial charge in [0.05, 0.1) is 5.69 Å². The van der Waals surface area contributed by atoms with E-state index in [0.717, 1.165) is 12.1 Å². The van der Waals surface area contributed by atoms with Crippen molar-refractivity contribution in [2.75, 3.05) is 5.32 Å². The molecule has 0 atom stereocenters. The summed E-state index contributed by atoms with van der Waals surface area (Å²) < 4.78 is 79.5. The van der Waals surface area contributed by atoms with Crippen LogP contribution in [0.15, 0.2) is 65.3 Å². The third-order valence-corrected chi connectivity index (χ3v) is 3.51. The number of allylic oxidation sites excluding steroid dienone is 2. The molecule has 144 valence electrons. The highest BCUT2D eigenvalue weighted by Gasteiger charge is 2.40. The number of hydrogen-bond donors (Lipinski definition) is 1. The zero-order chi connectivity index (χ0) is 20.2. The second kappa shape index (κ2) is 8.22. The first-order valence-electron chi connectivity index (χ1n) is 7.18. The van der Waals surface area contributed by atoms with E-state index < -0.39 is 23.8 Å². The summed E-state index contributed by atoms with van der Waals surface area (Å²) >= 11 is 11.4. The summed E-state index contributed by atoms with van der Waals surface area (Å²) in [6.45, 7) is 0. The van der Waals surface area contributed by atoms with Crippen LogP contribution in [-0.4, -0.2) is 18.1 Å².